The van der Waals surface area contributed by atoms with E-state index in [0.717, 1.165) is 24.4 Å². The largest absolute Gasteiger partial charge is 0.477 e. The molecular formula is C13H5F6N3O2. The molecular weight excluding hydrogens is 344 g/mol. The number of nitriles is 1. The second-order valence-corrected chi connectivity index (χ2v) is 4.43. The molecule has 0 saturated carbocycles. The fourth-order valence-corrected chi connectivity index (χ4v) is 1.92. The van der Waals surface area contributed by atoms with Crippen molar-refractivity contribution in [3.63, 3.8) is 0 Å². The van der Waals surface area contributed by atoms with Crippen molar-refractivity contribution in [1.29, 1.82) is 5.26 Å². The predicted octanol–water partition coefficient (Wildman–Crippen LogP) is 3.48. The van der Waals surface area contributed by atoms with Gasteiger partial charge in [0.05, 0.1) is 5.56 Å². The van der Waals surface area contributed by atoms with Crippen molar-refractivity contribution < 1.29 is 36.2 Å². The molecule has 2 aromatic rings. The molecule has 0 radical (unpaired) electrons. The van der Waals surface area contributed by atoms with Gasteiger partial charge in [0.25, 0.3) is 0 Å². The third kappa shape index (κ3) is 3.03. The van der Waals surface area contributed by atoms with E-state index in [1.807, 2.05) is 0 Å². The van der Waals surface area contributed by atoms with E-state index in [-0.39, 0.29) is 6.07 Å². The molecule has 0 aliphatic carbocycles. The summed E-state index contributed by atoms with van der Waals surface area (Å²) < 4.78 is 78.0. The van der Waals surface area contributed by atoms with E-state index < -0.39 is 46.7 Å². The van der Waals surface area contributed by atoms with Gasteiger partial charge in [-0.05, 0) is 18.2 Å². The highest BCUT2D eigenvalue weighted by Gasteiger charge is 2.41. The summed E-state index contributed by atoms with van der Waals surface area (Å²) in [6.45, 7) is 0. The van der Waals surface area contributed by atoms with Gasteiger partial charge in [-0.3, -0.25) is 4.57 Å². The number of carboxylic acid groups (broad SMARTS) is 1. The lowest BCUT2D eigenvalue weighted by atomic mass is 10.1. The van der Waals surface area contributed by atoms with Gasteiger partial charge < -0.3 is 5.11 Å². The molecule has 0 fully saturated rings. The number of aromatic carboxylic acids is 1. The summed E-state index contributed by atoms with van der Waals surface area (Å²) in [6, 6.07) is 2.88. The van der Waals surface area contributed by atoms with Crippen LogP contribution in [0.1, 0.15) is 27.3 Å². The van der Waals surface area contributed by atoms with Crippen molar-refractivity contribution in [1.82, 2.24) is 9.55 Å². The molecule has 2 heterocycles. The number of hydrogen-bond acceptors (Lipinski definition) is 3. The zero-order valence-corrected chi connectivity index (χ0v) is 11.3. The van der Waals surface area contributed by atoms with Crippen LogP contribution in [-0.4, -0.2) is 20.6 Å². The van der Waals surface area contributed by atoms with E-state index >= 15 is 0 Å². The first-order chi connectivity index (χ1) is 11.0. The maximum Gasteiger partial charge on any atom is 0.433 e. The molecule has 2 rings (SSSR count). The normalized spacial score (nSPS) is 12.0. The number of halogens is 6. The van der Waals surface area contributed by atoms with Crippen molar-refractivity contribution in [2.45, 2.75) is 12.4 Å². The Morgan fingerprint density at radius 2 is 1.83 bits per heavy atom. The minimum atomic E-state index is -5.26. The van der Waals surface area contributed by atoms with Crippen LogP contribution in [0.3, 0.4) is 0 Å². The molecule has 0 aliphatic rings. The molecule has 0 spiro atoms. The van der Waals surface area contributed by atoms with Crippen LogP contribution in [0.5, 0.6) is 0 Å². The van der Waals surface area contributed by atoms with E-state index in [1.165, 1.54) is 0 Å². The quantitative estimate of drug-likeness (QED) is 0.842. The number of aromatic nitrogens is 2. The lowest BCUT2D eigenvalue weighted by Gasteiger charge is -2.16. The zero-order chi connectivity index (χ0) is 18.3. The Kier molecular flexibility index (Phi) is 4.01. The van der Waals surface area contributed by atoms with Crippen LogP contribution < -0.4 is 0 Å². The van der Waals surface area contributed by atoms with E-state index in [1.54, 1.807) is 0 Å². The van der Waals surface area contributed by atoms with Gasteiger partial charge in [0.15, 0.2) is 5.82 Å². The number of nitrogens with zero attached hydrogens (tertiary/aromatic N) is 3. The summed E-state index contributed by atoms with van der Waals surface area (Å²) >= 11 is 0. The topological polar surface area (TPSA) is 78.9 Å². The van der Waals surface area contributed by atoms with Crippen molar-refractivity contribution in [2.75, 3.05) is 0 Å². The third-order valence-corrected chi connectivity index (χ3v) is 2.90. The first kappa shape index (κ1) is 17.3. The van der Waals surface area contributed by atoms with E-state index in [4.69, 9.17) is 10.4 Å². The average molecular weight is 349 g/mol. The fourth-order valence-electron chi connectivity index (χ4n) is 1.92. The summed E-state index contributed by atoms with van der Waals surface area (Å²) in [7, 11) is 0. The Balaban J connectivity index is 2.91. The van der Waals surface area contributed by atoms with Gasteiger partial charge in [0, 0.05) is 6.20 Å². The summed E-state index contributed by atoms with van der Waals surface area (Å²) in [5.41, 5.74) is -5.61. The highest BCUT2D eigenvalue weighted by molar-refractivity contribution is 5.86. The first-order valence-electron chi connectivity index (χ1n) is 5.97. The van der Waals surface area contributed by atoms with Crippen LogP contribution in [0.25, 0.3) is 5.82 Å². The zero-order valence-electron chi connectivity index (χ0n) is 11.3. The molecule has 0 aromatic carbocycles. The monoisotopic (exact) mass is 349 g/mol. The Labute approximate surface area is 129 Å². The van der Waals surface area contributed by atoms with Crippen molar-refractivity contribution in [2.24, 2.45) is 0 Å². The maximum absolute atomic E-state index is 13.0. The second-order valence-electron chi connectivity index (χ2n) is 4.43. The van der Waals surface area contributed by atoms with E-state index in [9.17, 15) is 31.1 Å². The molecule has 2 aromatic heterocycles. The molecule has 0 aliphatic heterocycles. The third-order valence-electron chi connectivity index (χ3n) is 2.90. The summed E-state index contributed by atoms with van der Waals surface area (Å²) in [4.78, 5) is 14.1. The molecule has 0 saturated heterocycles. The van der Waals surface area contributed by atoms with Gasteiger partial charge in [-0.15, -0.1) is 0 Å². The lowest BCUT2D eigenvalue weighted by Crippen LogP contribution is -2.19. The van der Waals surface area contributed by atoms with Crippen LogP contribution in [-0.2, 0) is 12.4 Å². The van der Waals surface area contributed by atoms with E-state index in [0.29, 0.717) is 4.57 Å². The van der Waals surface area contributed by atoms with Crippen LogP contribution in [0, 0.1) is 11.3 Å². The lowest BCUT2D eigenvalue weighted by molar-refractivity contribution is -0.145. The fraction of sp³-hybridized carbons (Fsp3) is 0.154. The molecule has 24 heavy (non-hydrogen) atoms. The van der Waals surface area contributed by atoms with Gasteiger partial charge in [0.1, 0.15) is 23.0 Å². The van der Waals surface area contributed by atoms with Crippen molar-refractivity contribution in [3.05, 3.63) is 46.9 Å². The molecule has 0 atom stereocenters. The SMILES string of the molecule is N#Cc1c(C(F)(F)F)cc(C(F)(F)F)nc1-n1cccc1C(=O)O. The summed E-state index contributed by atoms with van der Waals surface area (Å²) in [5.74, 6) is -2.68. The smallest absolute Gasteiger partial charge is 0.433 e. The number of alkyl halides is 6. The predicted molar refractivity (Wildman–Crippen MR) is 65.2 cm³/mol. The number of rotatable bonds is 2. The molecule has 0 bridgehead atoms. The number of pyridine rings is 1. The Bertz CT molecular complexity index is 845. The Hall–Kier alpha value is -3.03. The number of carbonyl (C=O) groups is 1. The van der Waals surface area contributed by atoms with Gasteiger partial charge in [-0.2, -0.15) is 31.6 Å². The number of hydrogen-bond donors (Lipinski definition) is 1. The average Bonchev–Trinajstić information content (AvgIpc) is 2.93. The van der Waals surface area contributed by atoms with Gasteiger partial charge in [0.2, 0.25) is 0 Å². The van der Waals surface area contributed by atoms with E-state index in [2.05, 4.69) is 4.98 Å². The standard InChI is InChI=1S/C13H5F6N3O2/c14-12(15,16)7-4-9(13(17,18)19)21-10(6(7)5-20)22-3-1-2-8(22)11(23)24/h1-4H,(H,23,24). The van der Waals surface area contributed by atoms with Gasteiger partial charge in [-0.25, -0.2) is 9.78 Å². The van der Waals surface area contributed by atoms with Crippen LogP contribution in [0.4, 0.5) is 26.3 Å². The Morgan fingerprint density at radius 3 is 2.29 bits per heavy atom. The molecule has 5 nitrogen and oxygen atoms in total. The van der Waals surface area contributed by atoms with Crippen molar-refractivity contribution in [3.8, 4) is 11.9 Å². The molecule has 0 unspecified atom stereocenters. The number of carboxylic acids is 1. The summed E-state index contributed by atoms with van der Waals surface area (Å²) in [6.07, 6.45) is -9.59. The van der Waals surface area contributed by atoms with Crippen LogP contribution in [0.15, 0.2) is 24.4 Å². The highest BCUT2D eigenvalue weighted by Crippen LogP contribution is 2.38. The Morgan fingerprint density at radius 1 is 1.21 bits per heavy atom. The maximum atomic E-state index is 13.0. The van der Waals surface area contributed by atoms with Crippen LogP contribution >= 0.6 is 0 Å². The second kappa shape index (κ2) is 5.55. The summed E-state index contributed by atoms with van der Waals surface area (Å²) in [5, 5.41) is 17.9. The molecule has 126 valence electrons. The highest BCUT2D eigenvalue weighted by atomic mass is 19.4. The molecule has 11 heteroatoms. The minimum absolute atomic E-state index is 0.286. The minimum Gasteiger partial charge on any atom is -0.477 e. The molecule has 1 N–H and O–H groups in total. The van der Waals surface area contributed by atoms with Crippen LogP contribution in [0.2, 0.25) is 0 Å². The van der Waals surface area contributed by atoms with Crippen molar-refractivity contribution >= 4 is 5.97 Å². The van der Waals surface area contributed by atoms with Gasteiger partial charge >= 0.3 is 18.3 Å². The van der Waals surface area contributed by atoms with Gasteiger partial charge in [-0.1, -0.05) is 0 Å². The molecule has 0 amide bonds. The first-order valence-corrected chi connectivity index (χ1v) is 5.97.